The molecular formula is C20H23NO5. The van der Waals surface area contributed by atoms with Crippen LogP contribution >= 0.6 is 0 Å². The Morgan fingerprint density at radius 3 is 2.23 bits per heavy atom. The molecule has 138 valence electrons. The van der Waals surface area contributed by atoms with E-state index < -0.39 is 24.0 Å². The number of rotatable bonds is 6. The molecule has 1 amide bonds. The molecule has 0 aliphatic carbocycles. The Morgan fingerprint density at radius 2 is 1.73 bits per heavy atom. The van der Waals surface area contributed by atoms with Gasteiger partial charge in [-0.05, 0) is 48.9 Å². The second kappa shape index (κ2) is 10.2. The maximum absolute atomic E-state index is 12.1. The third-order valence-electron chi connectivity index (χ3n) is 3.70. The molecule has 6 nitrogen and oxygen atoms in total. The van der Waals surface area contributed by atoms with Gasteiger partial charge in [0.2, 0.25) is 0 Å². The van der Waals surface area contributed by atoms with Crippen molar-refractivity contribution in [2.24, 2.45) is 11.8 Å². The molecule has 3 atom stereocenters. The molecule has 6 heteroatoms. The van der Waals surface area contributed by atoms with E-state index in [-0.39, 0.29) is 18.4 Å². The van der Waals surface area contributed by atoms with Crippen LogP contribution in [0.1, 0.15) is 36.7 Å². The lowest BCUT2D eigenvalue weighted by molar-refractivity contribution is -0.140. The second-order valence-corrected chi connectivity index (χ2v) is 6.17. The van der Waals surface area contributed by atoms with Crippen LogP contribution in [0.4, 0.5) is 0 Å². The van der Waals surface area contributed by atoms with Gasteiger partial charge in [0.1, 0.15) is 6.04 Å². The Labute approximate surface area is 153 Å². The molecule has 26 heavy (non-hydrogen) atoms. The lowest BCUT2D eigenvalue weighted by Gasteiger charge is -2.17. The van der Waals surface area contributed by atoms with Gasteiger partial charge in [0.15, 0.2) is 0 Å². The third kappa shape index (κ3) is 6.60. The first-order valence-corrected chi connectivity index (χ1v) is 8.20. The molecule has 0 bridgehead atoms. The van der Waals surface area contributed by atoms with Gasteiger partial charge in [-0.2, -0.15) is 0 Å². The van der Waals surface area contributed by atoms with E-state index in [0.29, 0.717) is 11.1 Å². The minimum absolute atomic E-state index is 0.230. The van der Waals surface area contributed by atoms with Crippen LogP contribution in [0.3, 0.4) is 0 Å². The van der Waals surface area contributed by atoms with Gasteiger partial charge in [0, 0.05) is 17.0 Å². The quantitative estimate of drug-likeness (QED) is 0.565. The number of benzene rings is 1. The molecular weight excluding hydrogens is 334 g/mol. The average Bonchev–Trinajstić information content (AvgIpc) is 2.62. The first kappa shape index (κ1) is 21.2. The number of nitrogens with one attached hydrogen (secondary N) is 1. The summed E-state index contributed by atoms with van der Waals surface area (Å²) >= 11 is 0. The van der Waals surface area contributed by atoms with E-state index in [1.54, 1.807) is 45.0 Å². The summed E-state index contributed by atoms with van der Waals surface area (Å²) in [6, 6.07) is 5.45. The number of carbonyl (C=O) groups excluding carboxylic acids is 1. The zero-order chi connectivity index (χ0) is 19.7. The number of amides is 1. The van der Waals surface area contributed by atoms with Crippen molar-refractivity contribution in [1.82, 2.24) is 5.32 Å². The molecule has 3 unspecified atom stereocenters. The smallest absolute Gasteiger partial charge is 0.326 e. The number of hydrogen-bond acceptors (Lipinski definition) is 4. The monoisotopic (exact) mass is 357 g/mol. The normalized spacial score (nSPS) is 13.5. The standard InChI is InChI=1S/C20H23NO5/c1-13(2)18(20(25)26)21-19(24)16-10-8-15(9-11-16)7-5-4-6-14(3)17(23)12-22/h8-11,13-14,17-18,22-23H,12H2,1-3H3,(H,21,24)(H,25,26). The van der Waals surface area contributed by atoms with E-state index in [2.05, 4.69) is 29.0 Å². The van der Waals surface area contributed by atoms with Crippen LogP contribution < -0.4 is 5.32 Å². The predicted octanol–water partition coefficient (Wildman–Crippen LogP) is 0.870. The van der Waals surface area contributed by atoms with E-state index in [1.807, 2.05) is 0 Å². The summed E-state index contributed by atoms with van der Waals surface area (Å²) in [4.78, 5) is 23.3. The molecule has 1 aromatic carbocycles. The summed E-state index contributed by atoms with van der Waals surface area (Å²) in [5.74, 6) is 8.63. The highest BCUT2D eigenvalue weighted by molar-refractivity contribution is 5.96. The van der Waals surface area contributed by atoms with E-state index in [1.165, 1.54) is 0 Å². The molecule has 0 heterocycles. The van der Waals surface area contributed by atoms with Gasteiger partial charge in [-0.15, -0.1) is 0 Å². The molecule has 0 aliphatic heterocycles. The van der Waals surface area contributed by atoms with Crippen molar-refractivity contribution in [3.63, 3.8) is 0 Å². The van der Waals surface area contributed by atoms with Crippen LogP contribution in [-0.4, -0.2) is 45.9 Å². The molecule has 1 rings (SSSR count). The zero-order valence-corrected chi connectivity index (χ0v) is 15.0. The molecule has 0 fully saturated rings. The number of aliphatic hydroxyl groups is 2. The Morgan fingerprint density at radius 1 is 1.12 bits per heavy atom. The van der Waals surface area contributed by atoms with Gasteiger partial charge in [0.25, 0.3) is 5.91 Å². The van der Waals surface area contributed by atoms with Crippen LogP contribution in [0.15, 0.2) is 24.3 Å². The lowest BCUT2D eigenvalue weighted by atomic mass is 10.0. The summed E-state index contributed by atoms with van der Waals surface area (Å²) in [6.45, 7) is 4.77. The van der Waals surface area contributed by atoms with Crippen molar-refractivity contribution < 1.29 is 24.9 Å². The minimum Gasteiger partial charge on any atom is -0.480 e. The number of aliphatic hydroxyl groups excluding tert-OH is 2. The summed E-state index contributed by atoms with van der Waals surface area (Å²) in [5, 5.41) is 29.8. The highest BCUT2D eigenvalue weighted by Crippen LogP contribution is 2.07. The van der Waals surface area contributed by atoms with E-state index >= 15 is 0 Å². The van der Waals surface area contributed by atoms with Crippen molar-refractivity contribution >= 4 is 11.9 Å². The van der Waals surface area contributed by atoms with Crippen molar-refractivity contribution in [3.05, 3.63) is 35.4 Å². The zero-order valence-electron chi connectivity index (χ0n) is 15.0. The number of carboxylic acids is 1. The number of hydrogen-bond donors (Lipinski definition) is 4. The number of aliphatic carboxylic acids is 1. The van der Waals surface area contributed by atoms with Gasteiger partial charge < -0.3 is 20.6 Å². The van der Waals surface area contributed by atoms with Crippen LogP contribution in [-0.2, 0) is 4.79 Å². The molecule has 0 saturated heterocycles. The van der Waals surface area contributed by atoms with Gasteiger partial charge in [0.05, 0.1) is 12.7 Å². The summed E-state index contributed by atoms with van der Waals surface area (Å²) in [6.07, 6.45) is -0.900. The fourth-order valence-corrected chi connectivity index (χ4v) is 1.95. The summed E-state index contributed by atoms with van der Waals surface area (Å²) in [7, 11) is 0. The Kier molecular flexibility index (Phi) is 8.37. The highest BCUT2D eigenvalue weighted by atomic mass is 16.4. The molecule has 0 radical (unpaired) electrons. The molecule has 0 aromatic heterocycles. The fraction of sp³-hybridized carbons (Fsp3) is 0.400. The summed E-state index contributed by atoms with van der Waals surface area (Å²) < 4.78 is 0. The van der Waals surface area contributed by atoms with Crippen molar-refractivity contribution in [3.8, 4) is 23.7 Å². The Balaban J connectivity index is 2.75. The van der Waals surface area contributed by atoms with Crippen molar-refractivity contribution in [1.29, 1.82) is 0 Å². The molecule has 4 N–H and O–H groups in total. The van der Waals surface area contributed by atoms with Crippen molar-refractivity contribution in [2.45, 2.75) is 32.9 Å². The van der Waals surface area contributed by atoms with Gasteiger partial charge in [-0.25, -0.2) is 4.79 Å². The van der Waals surface area contributed by atoms with E-state index in [0.717, 1.165) is 0 Å². The predicted molar refractivity (Wildman–Crippen MR) is 97.1 cm³/mol. The van der Waals surface area contributed by atoms with Crippen LogP contribution in [0.2, 0.25) is 0 Å². The minimum atomic E-state index is -1.07. The van der Waals surface area contributed by atoms with E-state index in [4.69, 9.17) is 10.2 Å². The first-order valence-electron chi connectivity index (χ1n) is 8.20. The maximum Gasteiger partial charge on any atom is 0.326 e. The van der Waals surface area contributed by atoms with Gasteiger partial charge in [-0.3, -0.25) is 4.79 Å². The molecule has 0 aliphatic rings. The molecule has 0 saturated carbocycles. The van der Waals surface area contributed by atoms with Crippen molar-refractivity contribution in [2.75, 3.05) is 6.61 Å². The highest BCUT2D eigenvalue weighted by Gasteiger charge is 2.23. The van der Waals surface area contributed by atoms with E-state index in [9.17, 15) is 14.7 Å². The van der Waals surface area contributed by atoms with Gasteiger partial charge >= 0.3 is 5.97 Å². The Bertz CT molecular complexity index is 746. The topological polar surface area (TPSA) is 107 Å². The third-order valence-corrected chi connectivity index (χ3v) is 3.70. The van der Waals surface area contributed by atoms with Gasteiger partial charge in [-0.1, -0.05) is 25.7 Å². The molecule has 1 aromatic rings. The maximum atomic E-state index is 12.1. The van der Waals surface area contributed by atoms with Crippen LogP contribution in [0, 0.1) is 35.5 Å². The number of carbonyl (C=O) groups is 2. The molecule has 0 spiro atoms. The second-order valence-electron chi connectivity index (χ2n) is 6.17. The largest absolute Gasteiger partial charge is 0.480 e. The van der Waals surface area contributed by atoms with Crippen LogP contribution in [0.25, 0.3) is 0 Å². The fourth-order valence-electron chi connectivity index (χ4n) is 1.95. The Hall–Kier alpha value is -2.80. The van der Waals surface area contributed by atoms with Crippen LogP contribution in [0.5, 0.6) is 0 Å². The SMILES string of the molecule is CC(C)C(NC(=O)c1ccc(C#CC#CC(C)C(O)CO)cc1)C(=O)O. The average molecular weight is 357 g/mol. The first-order chi connectivity index (χ1) is 12.3. The number of carboxylic acid groups (broad SMARTS) is 1. The lowest BCUT2D eigenvalue weighted by Crippen LogP contribution is -2.44. The summed E-state index contributed by atoms with van der Waals surface area (Å²) in [5.41, 5.74) is 0.984.